The van der Waals surface area contributed by atoms with Gasteiger partial charge in [0.25, 0.3) is 0 Å². The summed E-state index contributed by atoms with van der Waals surface area (Å²) in [6, 6.07) is 8.25. The van der Waals surface area contributed by atoms with Crippen molar-refractivity contribution in [3.8, 4) is 0 Å². The van der Waals surface area contributed by atoms with Crippen LogP contribution in [0.1, 0.15) is 44.4 Å². The Balaban J connectivity index is 2.46. The van der Waals surface area contributed by atoms with Gasteiger partial charge in [0.15, 0.2) is 0 Å². The number of amides is 1. The van der Waals surface area contributed by atoms with E-state index in [4.69, 9.17) is 5.11 Å². The van der Waals surface area contributed by atoms with Crippen molar-refractivity contribution in [2.24, 2.45) is 5.92 Å². The molecule has 0 aliphatic rings. The number of rotatable bonds is 9. The fourth-order valence-electron chi connectivity index (χ4n) is 2.39. The van der Waals surface area contributed by atoms with Gasteiger partial charge in [-0.05, 0) is 37.4 Å². The van der Waals surface area contributed by atoms with Gasteiger partial charge in [-0.3, -0.25) is 14.5 Å². The van der Waals surface area contributed by atoms with Crippen LogP contribution < -0.4 is 5.32 Å². The predicted octanol–water partition coefficient (Wildman–Crippen LogP) is 2.47. The van der Waals surface area contributed by atoms with Gasteiger partial charge in [-0.1, -0.05) is 38.1 Å². The molecule has 5 heteroatoms. The topological polar surface area (TPSA) is 69.6 Å². The van der Waals surface area contributed by atoms with Crippen molar-refractivity contribution < 1.29 is 14.7 Å². The lowest BCUT2D eigenvalue weighted by molar-refractivity contribution is -0.137. The van der Waals surface area contributed by atoms with Crippen molar-refractivity contribution in [3.63, 3.8) is 0 Å². The Morgan fingerprint density at radius 3 is 2.30 bits per heavy atom. The highest BCUT2D eigenvalue weighted by atomic mass is 16.4. The molecule has 1 aromatic rings. The maximum atomic E-state index is 12.0. The van der Waals surface area contributed by atoms with Crippen molar-refractivity contribution in [3.05, 3.63) is 35.4 Å². The van der Waals surface area contributed by atoms with Crippen LogP contribution in [0.5, 0.6) is 0 Å². The van der Waals surface area contributed by atoms with Crippen LogP contribution in [0, 0.1) is 5.92 Å². The highest BCUT2D eigenvalue weighted by Crippen LogP contribution is 2.15. The maximum absolute atomic E-state index is 12.0. The summed E-state index contributed by atoms with van der Waals surface area (Å²) < 4.78 is 0. The second-order valence-electron chi connectivity index (χ2n) is 6.51. The highest BCUT2D eigenvalue weighted by molar-refractivity contribution is 5.78. The number of hydrogen-bond acceptors (Lipinski definition) is 3. The molecule has 5 nitrogen and oxygen atoms in total. The second kappa shape index (κ2) is 9.30. The average molecular weight is 320 g/mol. The van der Waals surface area contributed by atoms with Gasteiger partial charge in [0.2, 0.25) is 5.91 Å². The Hall–Kier alpha value is -1.88. The van der Waals surface area contributed by atoms with Crippen LogP contribution in [0.25, 0.3) is 0 Å². The van der Waals surface area contributed by atoms with Gasteiger partial charge in [0.05, 0.1) is 19.0 Å². The Morgan fingerprint density at radius 1 is 1.17 bits per heavy atom. The second-order valence-corrected chi connectivity index (χ2v) is 6.51. The first-order valence-electron chi connectivity index (χ1n) is 8.06. The van der Waals surface area contributed by atoms with Crippen LogP contribution in [0.15, 0.2) is 24.3 Å². The SMILES string of the molecule is CC(C)Cc1ccc(C(C)NC(=O)CN(C)CCC(=O)O)cc1. The molecule has 0 saturated carbocycles. The molecule has 1 aromatic carbocycles. The summed E-state index contributed by atoms with van der Waals surface area (Å²) in [4.78, 5) is 24.2. The number of carboxylic acid groups (broad SMARTS) is 1. The van der Waals surface area contributed by atoms with E-state index in [2.05, 4.69) is 43.4 Å². The van der Waals surface area contributed by atoms with Crippen LogP contribution in [0.3, 0.4) is 0 Å². The third kappa shape index (κ3) is 7.79. The average Bonchev–Trinajstić information content (AvgIpc) is 2.45. The van der Waals surface area contributed by atoms with Crippen LogP contribution >= 0.6 is 0 Å². The summed E-state index contributed by atoms with van der Waals surface area (Å²) in [6.45, 7) is 6.89. The molecule has 0 fully saturated rings. The Kier molecular flexibility index (Phi) is 7.75. The molecule has 0 aliphatic heterocycles. The number of carbonyl (C=O) groups is 2. The van der Waals surface area contributed by atoms with E-state index in [0.717, 1.165) is 12.0 Å². The number of likely N-dealkylation sites (N-methyl/N-ethyl adjacent to an activating group) is 1. The molecule has 0 bridgehead atoms. The fraction of sp³-hybridized carbons (Fsp3) is 0.556. The molecule has 0 heterocycles. The van der Waals surface area contributed by atoms with Crippen LogP contribution in [-0.4, -0.2) is 42.0 Å². The molecule has 0 radical (unpaired) electrons. The van der Waals surface area contributed by atoms with Gasteiger partial charge in [0, 0.05) is 6.54 Å². The maximum Gasteiger partial charge on any atom is 0.304 e. The van der Waals surface area contributed by atoms with Crippen molar-refractivity contribution >= 4 is 11.9 Å². The summed E-state index contributed by atoms with van der Waals surface area (Å²) >= 11 is 0. The zero-order chi connectivity index (χ0) is 17.4. The van der Waals surface area contributed by atoms with Crippen LogP contribution in [-0.2, 0) is 16.0 Å². The molecule has 128 valence electrons. The number of carboxylic acids is 1. The van der Waals surface area contributed by atoms with Crippen molar-refractivity contribution in [2.75, 3.05) is 20.1 Å². The minimum absolute atomic E-state index is 0.0383. The smallest absolute Gasteiger partial charge is 0.304 e. The Morgan fingerprint density at radius 2 is 1.78 bits per heavy atom. The minimum Gasteiger partial charge on any atom is -0.481 e. The minimum atomic E-state index is -0.855. The van der Waals surface area contributed by atoms with E-state index in [1.807, 2.05) is 6.92 Å². The standard InChI is InChI=1S/C18H28N2O3/c1-13(2)11-15-5-7-16(8-6-15)14(3)19-17(21)12-20(4)10-9-18(22)23/h5-8,13-14H,9-12H2,1-4H3,(H,19,21)(H,22,23). The number of nitrogens with zero attached hydrogens (tertiary/aromatic N) is 1. The zero-order valence-corrected chi connectivity index (χ0v) is 14.5. The zero-order valence-electron chi connectivity index (χ0n) is 14.5. The summed E-state index contributed by atoms with van der Waals surface area (Å²) in [5.74, 6) is -0.330. The van der Waals surface area contributed by atoms with E-state index in [-0.39, 0.29) is 24.9 Å². The number of nitrogens with one attached hydrogen (secondary N) is 1. The third-order valence-electron chi connectivity index (χ3n) is 3.62. The summed E-state index contributed by atoms with van der Waals surface area (Å²) in [6.07, 6.45) is 1.09. The molecule has 1 atom stereocenters. The van der Waals surface area contributed by atoms with E-state index >= 15 is 0 Å². The molecular formula is C18H28N2O3. The summed E-state index contributed by atoms with van der Waals surface area (Å²) in [5, 5.41) is 11.6. The molecule has 23 heavy (non-hydrogen) atoms. The van der Waals surface area contributed by atoms with Gasteiger partial charge < -0.3 is 10.4 Å². The van der Waals surface area contributed by atoms with Gasteiger partial charge >= 0.3 is 5.97 Å². The Labute approximate surface area is 138 Å². The first-order chi connectivity index (χ1) is 10.8. The quantitative estimate of drug-likeness (QED) is 0.733. The first-order valence-corrected chi connectivity index (χ1v) is 8.06. The number of aliphatic carboxylic acids is 1. The lowest BCUT2D eigenvalue weighted by Crippen LogP contribution is -2.37. The van der Waals surface area contributed by atoms with Crippen LogP contribution in [0.4, 0.5) is 0 Å². The molecule has 0 saturated heterocycles. The van der Waals surface area contributed by atoms with Gasteiger partial charge in [-0.15, -0.1) is 0 Å². The molecule has 1 rings (SSSR count). The lowest BCUT2D eigenvalue weighted by Gasteiger charge is -2.19. The molecule has 0 spiro atoms. The normalized spacial score (nSPS) is 12.4. The van der Waals surface area contributed by atoms with Gasteiger partial charge in [-0.2, -0.15) is 0 Å². The van der Waals surface area contributed by atoms with E-state index in [1.165, 1.54) is 5.56 Å². The number of carbonyl (C=O) groups excluding carboxylic acids is 1. The molecule has 1 unspecified atom stereocenters. The van der Waals surface area contributed by atoms with Crippen molar-refractivity contribution in [2.45, 2.75) is 39.7 Å². The Bertz CT molecular complexity index is 512. The van der Waals surface area contributed by atoms with E-state index in [1.54, 1.807) is 11.9 Å². The van der Waals surface area contributed by atoms with E-state index < -0.39 is 5.97 Å². The molecular weight excluding hydrogens is 292 g/mol. The van der Waals surface area contributed by atoms with E-state index in [0.29, 0.717) is 12.5 Å². The predicted molar refractivity (Wildman–Crippen MR) is 91.3 cm³/mol. The summed E-state index contributed by atoms with van der Waals surface area (Å²) in [5.41, 5.74) is 2.37. The number of benzene rings is 1. The third-order valence-corrected chi connectivity index (χ3v) is 3.62. The molecule has 0 aliphatic carbocycles. The first kappa shape index (κ1) is 19.2. The lowest BCUT2D eigenvalue weighted by atomic mass is 10.00. The van der Waals surface area contributed by atoms with Crippen LogP contribution in [0.2, 0.25) is 0 Å². The largest absolute Gasteiger partial charge is 0.481 e. The van der Waals surface area contributed by atoms with Gasteiger partial charge in [0.1, 0.15) is 0 Å². The van der Waals surface area contributed by atoms with Gasteiger partial charge in [-0.25, -0.2) is 0 Å². The summed E-state index contributed by atoms with van der Waals surface area (Å²) in [7, 11) is 1.74. The molecule has 2 N–H and O–H groups in total. The van der Waals surface area contributed by atoms with E-state index in [9.17, 15) is 9.59 Å². The molecule has 1 amide bonds. The van der Waals surface area contributed by atoms with Crippen molar-refractivity contribution in [1.82, 2.24) is 10.2 Å². The fourth-order valence-corrected chi connectivity index (χ4v) is 2.39. The van der Waals surface area contributed by atoms with Crippen molar-refractivity contribution in [1.29, 1.82) is 0 Å². The molecule has 0 aromatic heterocycles. The number of hydrogen-bond donors (Lipinski definition) is 2. The monoisotopic (exact) mass is 320 g/mol. The highest BCUT2D eigenvalue weighted by Gasteiger charge is 2.12.